The van der Waals surface area contributed by atoms with Crippen LogP contribution in [0.3, 0.4) is 0 Å². The topological polar surface area (TPSA) is 25.2 Å². The summed E-state index contributed by atoms with van der Waals surface area (Å²) in [5.74, 6) is 2.93. The van der Waals surface area contributed by atoms with Crippen molar-refractivity contribution in [3.05, 3.63) is 23.7 Å². The Bertz CT molecular complexity index is 306. The first kappa shape index (κ1) is 14.3. The van der Waals surface area contributed by atoms with E-state index in [2.05, 4.69) is 45.1 Å². The molecule has 0 aromatic carbocycles. The molecule has 0 amide bonds. The van der Waals surface area contributed by atoms with E-state index in [0.29, 0.717) is 6.04 Å². The van der Waals surface area contributed by atoms with Crippen LogP contribution < -0.4 is 5.32 Å². The van der Waals surface area contributed by atoms with Crippen LogP contribution in [-0.2, 0) is 6.42 Å². The SMILES string of the molecule is CCCNC(CC(C)CC)c1ccc(CC)o1. The predicted octanol–water partition coefficient (Wildman–Crippen LogP) is 4.32. The Morgan fingerprint density at radius 2 is 2.00 bits per heavy atom. The van der Waals surface area contributed by atoms with Crippen molar-refractivity contribution in [1.82, 2.24) is 5.32 Å². The molecular weight excluding hydrogens is 210 g/mol. The Labute approximate surface area is 106 Å². The second-order valence-corrected chi connectivity index (χ2v) is 4.91. The van der Waals surface area contributed by atoms with Crippen molar-refractivity contribution in [2.24, 2.45) is 5.92 Å². The first-order valence-corrected chi connectivity index (χ1v) is 7.03. The highest BCUT2D eigenvalue weighted by molar-refractivity contribution is 5.11. The average molecular weight is 237 g/mol. The normalized spacial score (nSPS) is 14.8. The first-order chi connectivity index (χ1) is 8.21. The van der Waals surface area contributed by atoms with Crippen molar-refractivity contribution in [2.75, 3.05) is 6.54 Å². The van der Waals surface area contributed by atoms with Gasteiger partial charge >= 0.3 is 0 Å². The third kappa shape index (κ3) is 4.55. The standard InChI is InChI=1S/C15H27NO/c1-5-10-16-14(11-12(4)6-2)15-9-8-13(7-3)17-15/h8-9,12,14,16H,5-7,10-11H2,1-4H3. The molecule has 1 heterocycles. The molecule has 2 atom stereocenters. The van der Waals surface area contributed by atoms with E-state index in [-0.39, 0.29) is 0 Å². The fraction of sp³-hybridized carbons (Fsp3) is 0.733. The minimum atomic E-state index is 0.380. The van der Waals surface area contributed by atoms with Crippen molar-refractivity contribution < 1.29 is 4.42 Å². The molecular formula is C15H27NO. The summed E-state index contributed by atoms with van der Waals surface area (Å²) in [6.45, 7) is 9.95. The smallest absolute Gasteiger partial charge is 0.121 e. The van der Waals surface area contributed by atoms with Gasteiger partial charge < -0.3 is 9.73 Å². The molecule has 0 aliphatic rings. The van der Waals surface area contributed by atoms with Gasteiger partial charge in [-0.3, -0.25) is 0 Å². The van der Waals surface area contributed by atoms with Crippen LogP contribution in [0.4, 0.5) is 0 Å². The fourth-order valence-electron chi connectivity index (χ4n) is 1.96. The van der Waals surface area contributed by atoms with Crippen LogP contribution in [0.25, 0.3) is 0 Å². The lowest BCUT2D eigenvalue weighted by Gasteiger charge is -2.19. The summed E-state index contributed by atoms with van der Waals surface area (Å²) in [6.07, 6.45) is 4.53. The quantitative estimate of drug-likeness (QED) is 0.728. The average Bonchev–Trinajstić information content (AvgIpc) is 2.82. The van der Waals surface area contributed by atoms with E-state index in [4.69, 9.17) is 4.42 Å². The number of aryl methyl sites for hydroxylation is 1. The van der Waals surface area contributed by atoms with Gasteiger partial charge in [0, 0.05) is 6.42 Å². The maximum Gasteiger partial charge on any atom is 0.121 e. The molecule has 98 valence electrons. The van der Waals surface area contributed by atoms with E-state index in [1.54, 1.807) is 0 Å². The van der Waals surface area contributed by atoms with Gasteiger partial charge in [0.1, 0.15) is 11.5 Å². The zero-order valence-electron chi connectivity index (χ0n) is 11.8. The molecule has 1 aromatic heterocycles. The Kier molecular flexibility index (Phi) is 6.35. The zero-order valence-corrected chi connectivity index (χ0v) is 11.8. The maximum absolute atomic E-state index is 5.87. The molecule has 0 spiro atoms. The van der Waals surface area contributed by atoms with Crippen molar-refractivity contribution in [1.29, 1.82) is 0 Å². The fourth-order valence-corrected chi connectivity index (χ4v) is 1.96. The van der Waals surface area contributed by atoms with Gasteiger partial charge in [0.15, 0.2) is 0 Å². The molecule has 0 saturated carbocycles. The van der Waals surface area contributed by atoms with Crippen LogP contribution in [0.2, 0.25) is 0 Å². The van der Waals surface area contributed by atoms with E-state index in [0.717, 1.165) is 36.8 Å². The van der Waals surface area contributed by atoms with Crippen LogP contribution in [0.15, 0.2) is 16.5 Å². The highest BCUT2D eigenvalue weighted by Gasteiger charge is 2.17. The van der Waals surface area contributed by atoms with Crippen LogP contribution in [-0.4, -0.2) is 6.54 Å². The molecule has 1 N–H and O–H groups in total. The summed E-state index contributed by atoms with van der Waals surface area (Å²) < 4.78 is 5.87. The van der Waals surface area contributed by atoms with Crippen molar-refractivity contribution >= 4 is 0 Å². The van der Waals surface area contributed by atoms with Gasteiger partial charge in [-0.15, -0.1) is 0 Å². The minimum Gasteiger partial charge on any atom is -0.464 e. The summed E-state index contributed by atoms with van der Waals surface area (Å²) in [6, 6.07) is 4.62. The monoisotopic (exact) mass is 237 g/mol. The highest BCUT2D eigenvalue weighted by atomic mass is 16.3. The number of hydrogen-bond acceptors (Lipinski definition) is 2. The molecule has 0 fully saturated rings. The molecule has 1 rings (SSSR count). The van der Waals surface area contributed by atoms with Crippen LogP contribution in [0, 0.1) is 5.92 Å². The summed E-state index contributed by atoms with van der Waals surface area (Å²) >= 11 is 0. The largest absolute Gasteiger partial charge is 0.464 e. The van der Waals surface area contributed by atoms with Gasteiger partial charge in [-0.05, 0) is 37.4 Å². The van der Waals surface area contributed by atoms with Gasteiger partial charge in [0.2, 0.25) is 0 Å². The summed E-state index contributed by atoms with van der Waals surface area (Å²) in [7, 11) is 0. The molecule has 0 bridgehead atoms. The number of hydrogen-bond donors (Lipinski definition) is 1. The molecule has 17 heavy (non-hydrogen) atoms. The van der Waals surface area contributed by atoms with Gasteiger partial charge in [0.05, 0.1) is 6.04 Å². The van der Waals surface area contributed by atoms with Crippen molar-refractivity contribution in [3.63, 3.8) is 0 Å². The molecule has 1 aromatic rings. The highest BCUT2D eigenvalue weighted by Crippen LogP contribution is 2.25. The number of rotatable bonds is 8. The van der Waals surface area contributed by atoms with E-state index in [9.17, 15) is 0 Å². The van der Waals surface area contributed by atoms with Crippen LogP contribution in [0.5, 0.6) is 0 Å². The lowest BCUT2D eigenvalue weighted by atomic mass is 9.98. The Balaban J connectivity index is 2.66. The van der Waals surface area contributed by atoms with Gasteiger partial charge in [0.25, 0.3) is 0 Å². The predicted molar refractivity (Wildman–Crippen MR) is 73.2 cm³/mol. The summed E-state index contributed by atoms with van der Waals surface area (Å²) in [5, 5.41) is 3.59. The number of nitrogens with one attached hydrogen (secondary N) is 1. The Morgan fingerprint density at radius 3 is 2.53 bits per heavy atom. The molecule has 2 unspecified atom stereocenters. The van der Waals surface area contributed by atoms with Gasteiger partial charge in [-0.2, -0.15) is 0 Å². The molecule has 2 nitrogen and oxygen atoms in total. The van der Waals surface area contributed by atoms with Crippen molar-refractivity contribution in [2.45, 2.75) is 59.4 Å². The lowest BCUT2D eigenvalue weighted by molar-refractivity contribution is 0.338. The molecule has 0 aliphatic carbocycles. The molecule has 0 saturated heterocycles. The molecule has 0 aliphatic heterocycles. The lowest BCUT2D eigenvalue weighted by Crippen LogP contribution is -2.23. The Hall–Kier alpha value is -0.760. The van der Waals surface area contributed by atoms with Crippen LogP contribution >= 0.6 is 0 Å². The zero-order chi connectivity index (χ0) is 12.7. The second kappa shape index (κ2) is 7.54. The maximum atomic E-state index is 5.87. The first-order valence-electron chi connectivity index (χ1n) is 7.03. The summed E-state index contributed by atoms with van der Waals surface area (Å²) in [5.41, 5.74) is 0. The van der Waals surface area contributed by atoms with Gasteiger partial charge in [-0.25, -0.2) is 0 Å². The van der Waals surface area contributed by atoms with E-state index >= 15 is 0 Å². The third-order valence-electron chi connectivity index (χ3n) is 3.35. The number of furan rings is 1. The minimum absolute atomic E-state index is 0.380. The molecule has 0 radical (unpaired) electrons. The second-order valence-electron chi connectivity index (χ2n) is 4.91. The molecule has 2 heteroatoms. The summed E-state index contributed by atoms with van der Waals surface area (Å²) in [4.78, 5) is 0. The van der Waals surface area contributed by atoms with Crippen molar-refractivity contribution in [3.8, 4) is 0 Å². The van der Waals surface area contributed by atoms with Crippen LogP contribution in [0.1, 0.15) is 64.5 Å². The van der Waals surface area contributed by atoms with E-state index in [1.165, 1.54) is 12.8 Å². The van der Waals surface area contributed by atoms with E-state index < -0.39 is 0 Å². The Morgan fingerprint density at radius 1 is 1.24 bits per heavy atom. The van der Waals surface area contributed by atoms with E-state index in [1.807, 2.05) is 0 Å². The third-order valence-corrected chi connectivity index (χ3v) is 3.35. The van der Waals surface area contributed by atoms with Gasteiger partial charge in [-0.1, -0.05) is 34.1 Å².